The summed E-state index contributed by atoms with van der Waals surface area (Å²) in [4.78, 5) is 0. The quantitative estimate of drug-likeness (QED) is 0.576. The van der Waals surface area contributed by atoms with E-state index in [1.54, 1.807) is 0 Å². The first-order valence-corrected chi connectivity index (χ1v) is 5.41. The van der Waals surface area contributed by atoms with Crippen LogP contribution >= 0.6 is 0 Å². The molecule has 72 valence electrons. The summed E-state index contributed by atoms with van der Waals surface area (Å²) < 4.78 is 0. The average molecular weight is 170 g/mol. The second-order valence-corrected chi connectivity index (χ2v) is 3.62. The molecule has 2 N–H and O–H groups in total. The molecule has 0 bridgehead atoms. The SMILES string of the molecule is C1CCCCNCCNCCC1. The molecule has 2 heteroatoms. The van der Waals surface area contributed by atoms with E-state index in [0.29, 0.717) is 0 Å². The number of hydrogen-bond donors (Lipinski definition) is 2. The molecule has 0 aromatic rings. The fraction of sp³-hybridized carbons (Fsp3) is 1.00. The molecule has 1 aliphatic rings. The van der Waals surface area contributed by atoms with E-state index in [1.165, 1.54) is 51.6 Å². The van der Waals surface area contributed by atoms with Gasteiger partial charge in [-0.2, -0.15) is 0 Å². The first-order valence-electron chi connectivity index (χ1n) is 5.41. The molecule has 0 aromatic carbocycles. The van der Waals surface area contributed by atoms with Gasteiger partial charge in [0.25, 0.3) is 0 Å². The Hall–Kier alpha value is -0.0800. The van der Waals surface area contributed by atoms with Crippen molar-refractivity contribution in [2.45, 2.75) is 38.5 Å². The lowest BCUT2D eigenvalue weighted by atomic mass is 10.1. The zero-order valence-corrected chi connectivity index (χ0v) is 8.07. The summed E-state index contributed by atoms with van der Waals surface area (Å²) >= 11 is 0. The maximum atomic E-state index is 3.44. The zero-order valence-electron chi connectivity index (χ0n) is 8.07. The van der Waals surface area contributed by atoms with Crippen molar-refractivity contribution >= 4 is 0 Å². The smallest absolute Gasteiger partial charge is 0.00767 e. The van der Waals surface area contributed by atoms with E-state index in [0.717, 1.165) is 13.1 Å². The van der Waals surface area contributed by atoms with Crippen molar-refractivity contribution in [2.24, 2.45) is 0 Å². The van der Waals surface area contributed by atoms with Crippen LogP contribution in [0.4, 0.5) is 0 Å². The van der Waals surface area contributed by atoms with Gasteiger partial charge in [-0.15, -0.1) is 0 Å². The summed E-state index contributed by atoms with van der Waals surface area (Å²) in [5.41, 5.74) is 0. The summed E-state index contributed by atoms with van der Waals surface area (Å²) in [6.07, 6.45) is 8.42. The van der Waals surface area contributed by atoms with Crippen LogP contribution in [0.5, 0.6) is 0 Å². The van der Waals surface area contributed by atoms with Gasteiger partial charge in [0.15, 0.2) is 0 Å². The lowest BCUT2D eigenvalue weighted by Crippen LogP contribution is -2.28. The van der Waals surface area contributed by atoms with Crippen LogP contribution < -0.4 is 10.6 Å². The topological polar surface area (TPSA) is 24.1 Å². The third-order valence-corrected chi connectivity index (χ3v) is 2.44. The molecule has 0 spiro atoms. The van der Waals surface area contributed by atoms with E-state index < -0.39 is 0 Å². The molecule has 1 saturated heterocycles. The summed E-state index contributed by atoms with van der Waals surface area (Å²) in [5.74, 6) is 0. The standard InChI is InChI=1S/C10H22N2/c1-2-4-6-8-12-10-9-11-7-5-3-1/h11-12H,1-10H2. The number of hydrogen-bond acceptors (Lipinski definition) is 2. The Kier molecular flexibility index (Phi) is 6.30. The molecule has 0 radical (unpaired) electrons. The summed E-state index contributed by atoms with van der Waals surface area (Å²) in [7, 11) is 0. The Morgan fingerprint density at radius 2 is 0.833 bits per heavy atom. The Labute approximate surface area is 76.1 Å². The fourth-order valence-electron chi connectivity index (χ4n) is 1.63. The number of rotatable bonds is 0. The first kappa shape index (κ1) is 10.0. The molecule has 1 rings (SSSR count). The van der Waals surface area contributed by atoms with Crippen molar-refractivity contribution in [1.82, 2.24) is 10.6 Å². The van der Waals surface area contributed by atoms with E-state index in [9.17, 15) is 0 Å². The molecule has 1 aliphatic heterocycles. The van der Waals surface area contributed by atoms with Crippen molar-refractivity contribution in [3.8, 4) is 0 Å². The third kappa shape index (κ3) is 5.56. The van der Waals surface area contributed by atoms with Crippen LogP contribution in [0.15, 0.2) is 0 Å². The molecular formula is C10H22N2. The highest BCUT2D eigenvalue weighted by atomic mass is 14.9. The lowest BCUT2D eigenvalue weighted by Gasteiger charge is -2.08. The molecule has 0 aliphatic carbocycles. The van der Waals surface area contributed by atoms with Crippen LogP contribution in [0.3, 0.4) is 0 Å². The highest BCUT2D eigenvalue weighted by Gasteiger charge is 1.94. The molecular weight excluding hydrogens is 148 g/mol. The zero-order chi connectivity index (χ0) is 8.49. The minimum atomic E-state index is 1.14. The van der Waals surface area contributed by atoms with Crippen LogP contribution in [0, 0.1) is 0 Å². The summed E-state index contributed by atoms with van der Waals surface area (Å²) in [5, 5.41) is 6.88. The van der Waals surface area contributed by atoms with Crippen molar-refractivity contribution < 1.29 is 0 Å². The Bertz CT molecular complexity index is 50.8. The molecule has 0 amide bonds. The normalized spacial score (nSPS) is 24.0. The van der Waals surface area contributed by atoms with E-state index >= 15 is 0 Å². The van der Waals surface area contributed by atoms with Crippen LogP contribution in [0.1, 0.15) is 38.5 Å². The predicted molar refractivity (Wildman–Crippen MR) is 53.4 cm³/mol. The van der Waals surface area contributed by atoms with Gasteiger partial charge < -0.3 is 10.6 Å². The molecule has 12 heavy (non-hydrogen) atoms. The highest BCUT2D eigenvalue weighted by Crippen LogP contribution is 2.04. The van der Waals surface area contributed by atoms with Crippen LogP contribution in [0.25, 0.3) is 0 Å². The largest absolute Gasteiger partial charge is 0.315 e. The Balaban J connectivity index is 2.00. The molecule has 2 nitrogen and oxygen atoms in total. The van der Waals surface area contributed by atoms with Gasteiger partial charge in [0, 0.05) is 13.1 Å². The minimum absolute atomic E-state index is 1.14. The maximum absolute atomic E-state index is 3.44. The molecule has 1 heterocycles. The Morgan fingerprint density at radius 1 is 0.417 bits per heavy atom. The lowest BCUT2D eigenvalue weighted by molar-refractivity contribution is 0.520. The van der Waals surface area contributed by atoms with Gasteiger partial charge in [0.05, 0.1) is 0 Å². The van der Waals surface area contributed by atoms with Crippen molar-refractivity contribution in [3.63, 3.8) is 0 Å². The van der Waals surface area contributed by atoms with Gasteiger partial charge >= 0.3 is 0 Å². The van der Waals surface area contributed by atoms with Crippen molar-refractivity contribution in [1.29, 1.82) is 0 Å². The Morgan fingerprint density at radius 3 is 1.33 bits per heavy atom. The molecule has 0 aromatic heterocycles. The summed E-state index contributed by atoms with van der Waals surface area (Å²) in [6, 6.07) is 0. The predicted octanol–water partition coefficient (Wildman–Crippen LogP) is 1.52. The van der Waals surface area contributed by atoms with E-state index in [2.05, 4.69) is 10.6 Å². The minimum Gasteiger partial charge on any atom is -0.315 e. The third-order valence-electron chi connectivity index (χ3n) is 2.44. The van der Waals surface area contributed by atoms with Gasteiger partial charge in [0.2, 0.25) is 0 Å². The van der Waals surface area contributed by atoms with Gasteiger partial charge in [-0.1, -0.05) is 25.7 Å². The van der Waals surface area contributed by atoms with Gasteiger partial charge in [0.1, 0.15) is 0 Å². The number of nitrogens with one attached hydrogen (secondary N) is 2. The monoisotopic (exact) mass is 170 g/mol. The summed E-state index contributed by atoms with van der Waals surface area (Å²) in [6.45, 7) is 4.70. The first-order chi connectivity index (χ1) is 6.00. The average Bonchev–Trinajstić information content (AvgIpc) is 2.05. The van der Waals surface area contributed by atoms with Crippen molar-refractivity contribution in [3.05, 3.63) is 0 Å². The molecule has 0 unspecified atom stereocenters. The maximum Gasteiger partial charge on any atom is 0.00767 e. The van der Waals surface area contributed by atoms with Crippen LogP contribution in [-0.2, 0) is 0 Å². The van der Waals surface area contributed by atoms with Crippen LogP contribution in [-0.4, -0.2) is 26.2 Å². The second-order valence-electron chi connectivity index (χ2n) is 3.62. The van der Waals surface area contributed by atoms with E-state index in [1.807, 2.05) is 0 Å². The van der Waals surface area contributed by atoms with E-state index in [4.69, 9.17) is 0 Å². The molecule has 1 fully saturated rings. The van der Waals surface area contributed by atoms with Gasteiger partial charge in [-0.05, 0) is 25.9 Å². The van der Waals surface area contributed by atoms with Gasteiger partial charge in [-0.3, -0.25) is 0 Å². The molecule has 0 saturated carbocycles. The van der Waals surface area contributed by atoms with E-state index in [-0.39, 0.29) is 0 Å². The van der Waals surface area contributed by atoms with Crippen LogP contribution in [0.2, 0.25) is 0 Å². The highest BCUT2D eigenvalue weighted by molar-refractivity contribution is 4.55. The molecule has 0 atom stereocenters. The second kappa shape index (κ2) is 7.56. The van der Waals surface area contributed by atoms with Gasteiger partial charge in [-0.25, -0.2) is 0 Å². The van der Waals surface area contributed by atoms with Crippen molar-refractivity contribution in [2.75, 3.05) is 26.2 Å². The fourth-order valence-corrected chi connectivity index (χ4v) is 1.63.